The van der Waals surface area contributed by atoms with Crippen LogP contribution in [-0.2, 0) is 14.6 Å². The molecule has 1 aromatic carbocycles. The van der Waals surface area contributed by atoms with Gasteiger partial charge in [0.05, 0.1) is 11.5 Å². The van der Waals surface area contributed by atoms with Crippen molar-refractivity contribution in [3.63, 3.8) is 0 Å². The number of sulfone groups is 1. The number of carbonyl (C=O) groups excluding carboxylic acids is 1. The molecule has 0 aromatic heterocycles. The first-order chi connectivity index (χ1) is 9.37. The smallest absolute Gasteiger partial charge is 0.225 e. The summed E-state index contributed by atoms with van der Waals surface area (Å²) in [6.45, 7) is 2.32. The zero-order chi connectivity index (χ0) is 14.8. The lowest BCUT2D eigenvalue weighted by Crippen LogP contribution is -2.46. The normalized spacial score (nSPS) is 21.4. The van der Waals surface area contributed by atoms with Crippen molar-refractivity contribution in [1.82, 2.24) is 5.32 Å². The van der Waals surface area contributed by atoms with Gasteiger partial charge in [0, 0.05) is 29.2 Å². The van der Waals surface area contributed by atoms with E-state index in [2.05, 4.69) is 26.6 Å². The predicted octanol–water partition coefficient (Wildman–Crippen LogP) is 1.47. The monoisotopic (exact) mass is 360 g/mol. The Morgan fingerprint density at radius 1 is 1.50 bits per heavy atom. The Balaban J connectivity index is 1.97. The lowest BCUT2D eigenvalue weighted by atomic mass is 10.1. The first kappa shape index (κ1) is 15.5. The molecule has 1 aromatic rings. The number of benzene rings is 1. The Kier molecular flexibility index (Phi) is 4.82. The summed E-state index contributed by atoms with van der Waals surface area (Å²) in [7, 11) is -3.02. The van der Waals surface area contributed by atoms with Gasteiger partial charge < -0.3 is 10.6 Å². The van der Waals surface area contributed by atoms with Crippen molar-refractivity contribution in [2.45, 2.75) is 19.4 Å². The molecule has 1 saturated heterocycles. The molecule has 5 nitrogen and oxygen atoms in total. The van der Waals surface area contributed by atoms with E-state index in [1.165, 1.54) is 0 Å². The van der Waals surface area contributed by atoms with Crippen molar-refractivity contribution in [3.8, 4) is 0 Å². The highest BCUT2D eigenvalue weighted by Crippen LogP contribution is 2.23. The van der Waals surface area contributed by atoms with Crippen LogP contribution in [0.3, 0.4) is 0 Å². The molecule has 0 saturated carbocycles. The molecule has 20 heavy (non-hydrogen) atoms. The fourth-order valence-electron chi connectivity index (χ4n) is 2.17. The van der Waals surface area contributed by atoms with Gasteiger partial charge >= 0.3 is 0 Å². The third kappa shape index (κ3) is 4.04. The van der Waals surface area contributed by atoms with Gasteiger partial charge in [-0.3, -0.25) is 4.79 Å². The van der Waals surface area contributed by atoms with Crippen LogP contribution in [0.5, 0.6) is 0 Å². The molecule has 2 rings (SSSR count). The Labute approximate surface area is 127 Å². The highest BCUT2D eigenvalue weighted by atomic mass is 79.9. The van der Waals surface area contributed by atoms with Gasteiger partial charge in [-0.2, -0.15) is 0 Å². The van der Waals surface area contributed by atoms with Crippen molar-refractivity contribution in [2.75, 3.05) is 23.4 Å². The van der Waals surface area contributed by atoms with Gasteiger partial charge in [0.1, 0.15) is 0 Å². The minimum atomic E-state index is -3.02. The van der Waals surface area contributed by atoms with Crippen molar-refractivity contribution in [2.24, 2.45) is 0 Å². The number of amides is 1. The van der Waals surface area contributed by atoms with Gasteiger partial charge in [0.2, 0.25) is 5.91 Å². The van der Waals surface area contributed by atoms with E-state index in [-0.39, 0.29) is 29.9 Å². The predicted molar refractivity (Wildman–Crippen MR) is 82.6 cm³/mol. The Bertz CT molecular complexity index is 616. The van der Waals surface area contributed by atoms with Crippen molar-refractivity contribution >= 4 is 37.4 Å². The maximum atomic E-state index is 12.0. The van der Waals surface area contributed by atoms with Crippen LogP contribution < -0.4 is 10.6 Å². The van der Waals surface area contributed by atoms with Crippen LogP contribution in [0, 0.1) is 6.92 Å². The largest absolute Gasteiger partial charge is 0.326 e. The molecule has 1 amide bonds. The second kappa shape index (κ2) is 6.24. The molecule has 110 valence electrons. The molecule has 0 radical (unpaired) electrons. The summed E-state index contributed by atoms with van der Waals surface area (Å²) in [5.41, 5.74) is 1.69. The van der Waals surface area contributed by atoms with Crippen molar-refractivity contribution in [1.29, 1.82) is 0 Å². The molecule has 7 heteroatoms. The number of nitrogens with one attached hydrogen (secondary N) is 2. The number of halogens is 1. The van der Waals surface area contributed by atoms with Gasteiger partial charge in [0.15, 0.2) is 9.84 Å². The molecular weight excluding hydrogens is 344 g/mol. The number of rotatable bonds is 3. The Morgan fingerprint density at radius 3 is 2.95 bits per heavy atom. The minimum absolute atomic E-state index is 0.0257. The average molecular weight is 361 g/mol. The summed E-state index contributed by atoms with van der Waals surface area (Å²) in [4.78, 5) is 12.0. The summed E-state index contributed by atoms with van der Waals surface area (Å²) in [6, 6.07) is 5.26. The summed E-state index contributed by atoms with van der Waals surface area (Å²) in [6.07, 6.45) is 0.158. The third-order valence-corrected chi connectivity index (χ3v) is 5.87. The average Bonchev–Trinajstić information content (AvgIpc) is 2.33. The molecule has 0 aliphatic carbocycles. The molecular formula is C13H17BrN2O3S. The summed E-state index contributed by atoms with van der Waals surface area (Å²) in [5.74, 6) is -0.00546. The fourth-order valence-corrected chi connectivity index (χ4v) is 3.98. The molecule has 1 unspecified atom stereocenters. The fraction of sp³-hybridized carbons (Fsp3) is 0.462. The number of hydrogen-bond donors (Lipinski definition) is 2. The molecule has 1 heterocycles. The summed E-state index contributed by atoms with van der Waals surface area (Å²) < 4.78 is 24.0. The second-order valence-corrected chi connectivity index (χ2v) is 8.01. The molecule has 1 aliphatic rings. The van der Waals surface area contributed by atoms with E-state index in [9.17, 15) is 13.2 Å². The Hall–Kier alpha value is -0.920. The van der Waals surface area contributed by atoms with E-state index in [0.717, 1.165) is 15.7 Å². The van der Waals surface area contributed by atoms with Crippen LogP contribution in [-0.4, -0.2) is 38.4 Å². The third-order valence-electron chi connectivity index (χ3n) is 3.27. The quantitative estimate of drug-likeness (QED) is 0.855. The topological polar surface area (TPSA) is 75.3 Å². The van der Waals surface area contributed by atoms with Crippen LogP contribution >= 0.6 is 15.9 Å². The van der Waals surface area contributed by atoms with E-state index < -0.39 is 9.84 Å². The minimum Gasteiger partial charge on any atom is -0.326 e. The zero-order valence-electron chi connectivity index (χ0n) is 11.1. The van der Waals surface area contributed by atoms with E-state index >= 15 is 0 Å². The van der Waals surface area contributed by atoms with E-state index in [1.54, 1.807) is 0 Å². The molecule has 0 bridgehead atoms. The molecule has 1 aliphatic heterocycles. The van der Waals surface area contributed by atoms with E-state index in [1.807, 2.05) is 25.1 Å². The standard InChI is InChI=1S/C13H17BrN2O3S/c1-9-11(14)3-2-4-12(9)16-13(17)7-10-8-20(18,19)6-5-15-10/h2-4,10,15H,5-8H2,1H3,(H,16,17). The summed E-state index contributed by atoms with van der Waals surface area (Å²) in [5, 5.41) is 5.89. The van der Waals surface area contributed by atoms with Gasteiger partial charge in [-0.05, 0) is 24.6 Å². The van der Waals surface area contributed by atoms with Gasteiger partial charge in [-0.25, -0.2) is 8.42 Å². The van der Waals surface area contributed by atoms with Crippen LogP contribution in [0.25, 0.3) is 0 Å². The maximum Gasteiger partial charge on any atom is 0.225 e. The van der Waals surface area contributed by atoms with Crippen molar-refractivity contribution < 1.29 is 13.2 Å². The number of carbonyl (C=O) groups is 1. The lowest BCUT2D eigenvalue weighted by molar-refractivity contribution is -0.116. The zero-order valence-corrected chi connectivity index (χ0v) is 13.6. The van der Waals surface area contributed by atoms with Crippen LogP contribution in [0.1, 0.15) is 12.0 Å². The molecule has 0 spiro atoms. The van der Waals surface area contributed by atoms with Gasteiger partial charge in [-0.15, -0.1) is 0 Å². The van der Waals surface area contributed by atoms with Crippen LogP contribution in [0.2, 0.25) is 0 Å². The second-order valence-electron chi connectivity index (χ2n) is 4.93. The highest BCUT2D eigenvalue weighted by molar-refractivity contribution is 9.10. The van der Waals surface area contributed by atoms with Gasteiger partial charge in [-0.1, -0.05) is 22.0 Å². The lowest BCUT2D eigenvalue weighted by Gasteiger charge is -2.23. The first-order valence-electron chi connectivity index (χ1n) is 6.36. The number of anilines is 1. The van der Waals surface area contributed by atoms with E-state index in [4.69, 9.17) is 0 Å². The molecule has 1 fully saturated rings. The highest BCUT2D eigenvalue weighted by Gasteiger charge is 2.26. The number of hydrogen-bond acceptors (Lipinski definition) is 4. The summed E-state index contributed by atoms with van der Waals surface area (Å²) >= 11 is 3.41. The first-order valence-corrected chi connectivity index (χ1v) is 8.97. The van der Waals surface area contributed by atoms with Crippen molar-refractivity contribution in [3.05, 3.63) is 28.2 Å². The SMILES string of the molecule is Cc1c(Br)cccc1NC(=O)CC1CS(=O)(=O)CCN1. The maximum absolute atomic E-state index is 12.0. The van der Waals surface area contributed by atoms with Crippen LogP contribution in [0.4, 0.5) is 5.69 Å². The van der Waals surface area contributed by atoms with Crippen LogP contribution in [0.15, 0.2) is 22.7 Å². The van der Waals surface area contributed by atoms with Gasteiger partial charge in [0.25, 0.3) is 0 Å². The Morgan fingerprint density at radius 2 is 2.25 bits per heavy atom. The molecule has 1 atom stereocenters. The van der Waals surface area contributed by atoms with E-state index in [0.29, 0.717) is 6.54 Å². The molecule has 2 N–H and O–H groups in total.